The average molecular weight is 365 g/mol. The van der Waals surface area contributed by atoms with E-state index in [9.17, 15) is 9.59 Å². The van der Waals surface area contributed by atoms with Gasteiger partial charge in [-0.15, -0.1) is 0 Å². The molecule has 2 heterocycles. The number of carbonyl (C=O) groups excluding carboxylic acids is 2. The van der Waals surface area contributed by atoms with Gasteiger partial charge < -0.3 is 4.74 Å². The minimum atomic E-state index is -0.616. The van der Waals surface area contributed by atoms with Gasteiger partial charge in [-0.1, -0.05) is 41.6 Å². The topological polar surface area (TPSA) is 59.0 Å². The number of carbonyl (C=O) groups is 2. The van der Waals surface area contributed by atoms with Gasteiger partial charge in [0.1, 0.15) is 0 Å². The van der Waals surface area contributed by atoms with Crippen molar-refractivity contribution in [3.8, 4) is 0 Å². The van der Waals surface area contributed by atoms with Gasteiger partial charge in [-0.05, 0) is 32.4 Å². The zero-order valence-corrected chi connectivity index (χ0v) is 15.1. The van der Waals surface area contributed by atoms with Crippen LogP contribution >= 0.6 is 23.4 Å². The molecule has 0 radical (unpaired) electrons. The van der Waals surface area contributed by atoms with Gasteiger partial charge in [0, 0.05) is 5.02 Å². The lowest BCUT2D eigenvalue weighted by Gasteiger charge is -2.33. The molecular weight excluding hydrogens is 348 g/mol. The lowest BCUT2D eigenvalue weighted by molar-refractivity contribution is -0.139. The molecule has 0 N–H and O–H groups in total. The number of rotatable bonds is 3. The number of hydrogen-bond donors (Lipinski definition) is 0. The Balaban J connectivity index is 2.18. The van der Waals surface area contributed by atoms with Gasteiger partial charge in [-0.3, -0.25) is 9.69 Å². The molecule has 24 heavy (non-hydrogen) atoms. The summed E-state index contributed by atoms with van der Waals surface area (Å²) in [6.07, 6.45) is 0. The van der Waals surface area contributed by atoms with Gasteiger partial charge in [-0.25, -0.2) is 9.79 Å². The second-order valence-corrected chi connectivity index (χ2v) is 7.22. The Bertz CT molecular complexity index is 775. The van der Waals surface area contributed by atoms with Crippen molar-refractivity contribution in [2.45, 2.75) is 32.1 Å². The van der Waals surface area contributed by atoms with Crippen molar-refractivity contribution in [3.63, 3.8) is 0 Å². The average Bonchev–Trinajstić information content (AvgIpc) is 2.81. The van der Waals surface area contributed by atoms with Crippen LogP contribution in [-0.2, 0) is 14.3 Å². The maximum absolute atomic E-state index is 12.7. The number of hydrogen-bond acceptors (Lipinski definition) is 5. The first-order valence-corrected chi connectivity index (χ1v) is 8.92. The van der Waals surface area contributed by atoms with Gasteiger partial charge >= 0.3 is 5.97 Å². The highest BCUT2D eigenvalue weighted by molar-refractivity contribution is 8.15. The molecule has 0 aliphatic carbocycles. The largest absolute Gasteiger partial charge is 0.463 e. The van der Waals surface area contributed by atoms with Crippen molar-refractivity contribution in [2.24, 2.45) is 4.99 Å². The molecule has 7 heteroatoms. The number of nitrogens with zero attached hydrogens (tertiary/aromatic N) is 2. The maximum atomic E-state index is 12.7. The molecule has 1 saturated heterocycles. The van der Waals surface area contributed by atoms with E-state index in [1.165, 1.54) is 11.8 Å². The van der Waals surface area contributed by atoms with Gasteiger partial charge in [0.05, 0.1) is 29.2 Å². The van der Waals surface area contributed by atoms with E-state index >= 15 is 0 Å². The molecule has 1 aromatic carbocycles. The van der Waals surface area contributed by atoms with Gasteiger partial charge in [0.15, 0.2) is 5.17 Å². The van der Waals surface area contributed by atoms with Crippen LogP contribution in [0.1, 0.15) is 32.4 Å². The number of allylic oxidation sites excluding steroid dienone is 1. The van der Waals surface area contributed by atoms with E-state index in [4.69, 9.17) is 16.3 Å². The highest BCUT2D eigenvalue weighted by Gasteiger charge is 2.46. The van der Waals surface area contributed by atoms with E-state index in [0.717, 1.165) is 0 Å². The summed E-state index contributed by atoms with van der Waals surface area (Å²) >= 11 is 7.76. The Kier molecular flexibility index (Phi) is 4.69. The van der Waals surface area contributed by atoms with Crippen molar-refractivity contribution in [3.05, 3.63) is 46.1 Å². The lowest BCUT2D eigenvalue weighted by atomic mass is 9.94. The number of fused-ring (bicyclic) bond motifs is 1. The normalized spacial score (nSPS) is 23.2. The second-order valence-electron chi connectivity index (χ2n) is 5.51. The standard InChI is InChI=1S/C17H17ClN2O3S/c1-4-23-16(22)13-9(2)19-17-20(15(21)10(3)24-17)14(13)11-7-5-6-8-12(11)18/h5-8,10,14H,4H2,1-3H3/t10-,14-/m1/s1. The van der Waals surface area contributed by atoms with Crippen LogP contribution in [0.2, 0.25) is 5.02 Å². The third-order valence-corrected chi connectivity index (χ3v) is 5.35. The van der Waals surface area contributed by atoms with Crippen LogP contribution in [0.4, 0.5) is 0 Å². The third kappa shape index (κ3) is 2.74. The summed E-state index contributed by atoms with van der Waals surface area (Å²) in [6.45, 7) is 5.58. The zero-order valence-electron chi connectivity index (χ0n) is 13.6. The number of halogens is 1. The Morgan fingerprint density at radius 1 is 1.42 bits per heavy atom. The molecule has 1 amide bonds. The highest BCUT2D eigenvalue weighted by atomic mass is 35.5. The van der Waals surface area contributed by atoms with E-state index < -0.39 is 12.0 Å². The van der Waals surface area contributed by atoms with Crippen LogP contribution in [0.5, 0.6) is 0 Å². The fraction of sp³-hybridized carbons (Fsp3) is 0.353. The summed E-state index contributed by atoms with van der Waals surface area (Å²) in [5.74, 6) is -0.557. The molecule has 0 bridgehead atoms. The minimum Gasteiger partial charge on any atom is -0.463 e. The predicted octanol–water partition coefficient (Wildman–Crippen LogP) is 3.55. The molecule has 1 fully saturated rings. The lowest BCUT2D eigenvalue weighted by Crippen LogP contribution is -2.40. The molecule has 2 aliphatic heterocycles. The summed E-state index contributed by atoms with van der Waals surface area (Å²) in [6, 6.07) is 6.60. The van der Waals surface area contributed by atoms with E-state index in [2.05, 4.69) is 4.99 Å². The van der Waals surface area contributed by atoms with E-state index in [0.29, 0.717) is 27.0 Å². The summed E-state index contributed by atoms with van der Waals surface area (Å²) in [7, 11) is 0. The number of ether oxygens (including phenoxy) is 1. The number of aliphatic imine (C=N–C) groups is 1. The summed E-state index contributed by atoms with van der Waals surface area (Å²) in [5.41, 5.74) is 1.60. The van der Waals surface area contributed by atoms with Crippen molar-refractivity contribution in [1.82, 2.24) is 4.90 Å². The Hall–Kier alpha value is -1.79. The van der Waals surface area contributed by atoms with Crippen molar-refractivity contribution >= 4 is 40.4 Å². The monoisotopic (exact) mass is 364 g/mol. The SMILES string of the molecule is CCOC(=O)C1=C(C)N=C2S[C@H](C)C(=O)N2[C@@H]1c1ccccc1Cl. The smallest absolute Gasteiger partial charge is 0.338 e. The molecular formula is C17H17ClN2O3S. The van der Waals surface area contributed by atoms with E-state index in [1.54, 1.807) is 24.8 Å². The number of esters is 1. The third-order valence-electron chi connectivity index (χ3n) is 3.95. The minimum absolute atomic E-state index is 0.0852. The summed E-state index contributed by atoms with van der Waals surface area (Å²) in [5, 5.41) is 0.849. The van der Waals surface area contributed by atoms with Crippen LogP contribution in [0.25, 0.3) is 0 Å². The van der Waals surface area contributed by atoms with Gasteiger partial charge in [0.2, 0.25) is 5.91 Å². The number of amidine groups is 1. The van der Waals surface area contributed by atoms with Crippen molar-refractivity contribution in [2.75, 3.05) is 6.61 Å². The number of amides is 1. The van der Waals surface area contributed by atoms with E-state index in [1.807, 2.05) is 25.1 Å². The summed E-state index contributed by atoms with van der Waals surface area (Å²) < 4.78 is 5.20. The molecule has 2 atom stereocenters. The first-order chi connectivity index (χ1) is 11.5. The highest BCUT2D eigenvalue weighted by Crippen LogP contribution is 2.44. The van der Waals surface area contributed by atoms with Crippen LogP contribution in [0.15, 0.2) is 40.5 Å². The molecule has 3 rings (SSSR count). The first kappa shape index (κ1) is 17.0. The Morgan fingerprint density at radius 2 is 2.12 bits per heavy atom. The fourth-order valence-electron chi connectivity index (χ4n) is 2.86. The first-order valence-electron chi connectivity index (χ1n) is 7.66. The van der Waals surface area contributed by atoms with Crippen LogP contribution in [0, 0.1) is 0 Å². The number of thioether (sulfide) groups is 1. The van der Waals surface area contributed by atoms with Crippen molar-refractivity contribution < 1.29 is 14.3 Å². The quantitative estimate of drug-likeness (QED) is 0.769. The van der Waals surface area contributed by atoms with Crippen LogP contribution < -0.4 is 0 Å². The molecule has 0 spiro atoms. The number of benzene rings is 1. The molecule has 2 aliphatic rings. The van der Waals surface area contributed by atoms with E-state index in [-0.39, 0.29) is 17.8 Å². The molecule has 0 unspecified atom stereocenters. The Morgan fingerprint density at radius 3 is 2.79 bits per heavy atom. The van der Waals surface area contributed by atoms with Crippen LogP contribution in [0.3, 0.4) is 0 Å². The molecule has 0 aromatic heterocycles. The Labute approximate surface area is 149 Å². The zero-order chi connectivity index (χ0) is 17.4. The van der Waals surface area contributed by atoms with Gasteiger partial charge in [-0.2, -0.15) is 0 Å². The predicted molar refractivity (Wildman–Crippen MR) is 94.9 cm³/mol. The second kappa shape index (κ2) is 6.61. The van der Waals surface area contributed by atoms with Gasteiger partial charge in [0.25, 0.3) is 0 Å². The molecule has 0 saturated carbocycles. The fourth-order valence-corrected chi connectivity index (χ4v) is 4.13. The summed E-state index contributed by atoms with van der Waals surface area (Å²) in [4.78, 5) is 31.2. The van der Waals surface area contributed by atoms with Crippen LogP contribution in [-0.4, -0.2) is 33.8 Å². The van der Waals surface area contributed by atoms with Crippen molar-refractivity contribution in [1.29, 1.82) is 0 Å². The molecule has 126 valence electrons. The molecule has 5 nitrogen and oxygen atoms in total. The maximum Gasteiger partial charge on any atom is 0.338 e. The molecule has 1 aromatic rings.